The zero-order valence-corrected chi connectivity index (χ0v) is 8.87. The van der Waals surface area contributed by atoms with Crippen LogP contribution < -0.4 is 0 Å². The van der Waals surface area contributed by atoms with E-state index in [0.29, 0.717) is 4.68 Å². The highest BCUT2D eigenvalue weighted by molar-refractivity contribution is 5.36. The van der Waals surface area contributed by atoms with Crippen molar-refractivity contribution < 1.29 is 22.7 Å². The lowest BCUT2D eigenvalue weighted by atomic mass is 10.2. The van der Waals surface area contributed by atoms with Crippen molar-refractivity contribution in [2.24, 2.45) is 0 Å². The van der Waals surface area contributed by atoms with Crippen LogP contribution in [0.3, 0.4) is 0 Å². The quantitative estimate of drug-likeness (QED) is 0.670. The molecule has 4 nitrogen and oxygen atoms in total. The van der Waals surface area contributed by atoms with Crippen molar-refractivity contribution in [2.45, 2.75) is 6.42 Å². The number of hydrogen-bond donors (Lipinski definition) is 1. The first-order valence-electron chi connectivity index (χ1n) is 4.90. The van der Waals surface area contributed by atoms with Crippen LogP contribution in [0.4, 0.5) is 17.6 Å². The molecule has 0 fully saturated rings. The molecule has 2 aromatic rings. The smallest absolute Gasteiger partial charge is 0.187 e. The van der Waals surface area contributed by atoms with Crippen molar-refractivity contribution in [2.75, 3.05) is 6.61 Å². The summed E-state index contributed by atoms with van der Waals surface area (Å²) in [6, 6.07) is 0.111. The fourth-order valence-corrected chi connectivity index (χ4v) is 1.40. The summed E-state index contributed by atoms with van der Waals surface area (Å²) in [6.07, 6.45) is 1.19. The van der Waals surface area contributed by atoms with Gasteiger partial charge in [-0.3, -0.25) is 0 Å². The maximum Gasteiger partial charge on any atom is 0.187 e. The number of aliphatic hydroxyl groups excluding tert-OH is 1. The molecule has 0 aliphatic heterocycles. The highest BCUT2D eigenvalue weighted by atomic mass is 19.2. The molecule has 0 amide bonds. The third kappa shape index (κ3) is 2.06. The standard InChI is InChI=1S/C10H7F4N3O/c11-6-3-7(12)9(14)10(8(6)13)17-4-5(1-2-18)15-16-17/h3-4,18H,1-2H2. The Labute approximate surface area is 98.5 Å². The van der Waals surface area contributed by atoms with Crippen LogP contribution in [0, 0.1) is 23.3 Å². The molecule has 1 N–H and O–H groups in total. The first kappa shape index (κ1) is 12.5. The van der Waals surface area contributed by atoms with Crippen molar-refractivity contribution in [3.63, 3.8) is 0 Å². The van der Waals surface area contributed by atoms with Gasteiger partial charge in [0, 0.05) is 19.1 Å². The molecule has 0 radical (unpaired) electrons. The summed E-state index contributed by atoms with van der Waals surface area (Å²) in [6.45, 7) is -0.235. The minimum atomic E-state index is -1.56. The fourth-order valence-electron chi connectivity index (χ4n) is 1.40. The fraction of sp³-hybridized carbons (Fsp3) is 0.200. The summed E-state index contributed by atoms with van der Waals surface area (Å²) < 4.78 is 53.3. The second kappa shape index (κ2) is 4.73. The number of benzene rings is 1. The molecular formula is C10H7F4N3O. The van der Waals surface area contributed by atoms with E-state index in [2.05, 4.69) is 10.3 Å². The summed E-state index contributed by atoms with van der Waals surface area (Å²) in [5.74, 6) is -6.17. The van der Waals surface area contributed by atoms with Crippen molar-refractivity contribution in [1.29, 1.82) is 0 Å². The van der Waals surface area contributed by atoms with Crippen molar-refractivity contribution in [3.8, 4) is 5.69 Å². The average Bonchev–Trinajstić information content (AvgIpc) is 2.76. The van der Waals surface area contributed by atoms with Crippen molar-refractivity contribution in [1.82, 2.24) is 15.0 Å². The number of aromatic nitrogens is 3. The number of halogens is 4. The van der Waals surface area contributed by atoms with Crippen LogP contribution in [0.5, 0.6) is 0 Å². The van der Waals surface area contributed by atoms with Crippen LogP contribution in [0.1, 0.15) is 5.69 Å². The number of nitrogens with zero attached hydrogens (tertiary/aromatic N) is 3. The van der Waals surface area contributed by atoms with E-state index in [1.54, 1.807) is 0 Å². The van der Waals surface area contributed by atoms with E-state index in [-0.39, 0.29) is 24.8 Å². The van der Waals surface area contributed by atoms with Crippen LogP contribution in [-0.4, -0.2) is 26.7 Å². The predicted molar refractivity (Wildman–Crippen MR) is 52.0 cm³/mol. The predicted octanol–water partition coefficient (Wildman–Crippen LogP) is 1.36. The van der Waals surface area contributed by atoms with Gasteiger partial charge in [0.05, 0.1) is 11.9 Å². The molecular weight excluding hydrogens is 254 g/mol. The van der Waals surface area contributed by atoms with Crippen LogP contribution >= 0.6 is 0 Å². The Morgan fingerprint density at radius 2 is 1.72 bits per heavy atom. The Hall–Kier alpha value is -1.96. The summed E-state index contributed by atoms with van der Waals surface area (Å²) in [7, 11) is 0. The molecule has 96 valence electrons. The number of rotatable bonds is 3. The average molecular weight is 261 g/mol. The minimum Gasteiger partial charge on any atom is -0.396 e. The SMILES string of the molecule is OCCc1cn(-c2c(F)c(F)cc(F)c2F)nn1. The Kier molecular flexibility index (Phi) is 3.28. The molecule has 0 saturated heterocycles. The minimum absolute atomic E-state index is 0.111. The molecule has 18 heavy (non-hydrogen) atoms. The van der Waals surface area contributed by atoms with E-state index in [1.165, 1.54) is 0 Å². The first-order valence-corrected chi connectivity index (χ1v) is 4.90. The summed E-state index contributed by atoms with van der Waals surface area (Å²) in [4.78, 5) is 0. The number of hydrogen-bond acceptors (Lipinski definition) is 3. The molecule has 0 atom stereocenters. The molecule has 0 aliphatic rings. The van der Waals surface area contributed by atoms with Crippen LogP contribution in [-0.2, 0) is 6.42 Å². The van der Waals surface area contributed by atoms with Gasteiger partial charge in [-0.1, -0.05) is 5.21 Å². The van der Waals surface area contributed by atoms with Crippen LogP contribution in [0.2, 0.25) is 0 Å². The van der Waals surface area contributed by atoms with Gasteiger partial charge in [0.1, 0.15) is 5.69 Å². The molecule has 1 aromatic heterocycles. The topological polar surface area (TPSA) is 50.9 Å². The second-order valence-electron chi connectivity index (χ2n) is 3.44. The molecule has 1 aromatic carbocycles. The second-order valence-corrected chi connectivity index (χ2v) is 3.44. The largest absolute Gasteiger partial charge is 0.396 e. The van der Waals surface area contributed by atoms with E-state index in [9.17, 15) is 17.6 Å². The van der Waals surface area contributed by atoms with Gasteiger partial charge in [0.2, 0.25) is 0 Å². The summed E-state index contributed by atoms with van der Waals surface area (Å²) in [5.41, 5.74) is -0.745. The molecule has 2 rings (SSSR count). The van der Waals surface area contributed by atoms with E-state index < -0.39 is 29.0 Å². The van der Waals surface area contributed by atoms with Gasteiger partial charge in [-0.25, -0.2) is 22.2 Å². The highest BCUT2D eigenvalue weighted by Gasteiger charge is 2.21. The monoisotopic (exact) mass is 261 g/mol. The Morgan fingerprint density at radius 1 is 1.11 bits per heavy atom. The third-order valence-corrected chi connectivity index (χ3v) is 2.23. The van der Waals surface area contributed by atoms with Crippen LogP contribution in [0.25, 0.3) is 5.69 Å². The zero-order chi connectivity index (χ0) is 13.3. The molecule has 0 saturated carbocycles. The molecule has 0 unspecified atom stereocenters. The van der Waals surface area contributed by atoms with Crippen molar-refractivity contribution >= 4 is 0 Å². The number of aliphatic hydroxyl groups is 1. The normalized spacial score (nSPS) is 10.9. The van der Waals surface area contributed by atoms with Gasteiger partial charge in [0.15, 0.2) is 23.3 Å². The van der Waals surface area contributed by atoms with Gasteiger partial charge < -0.3 is 5.11 Å². The van der Waals surface area contributed by atoms with E-state index in [0.717, 1.165) is 6.20 Å². The van der Waals surface area contributed by atoms with Crippen LogP contribution in [0.15, 0.2) is 12.3 Å². The first-order chi connectivity index (χ1) is 8.54. The maximum atomic E-state index is 13.4. The molecule has 0 bridgehead atoms. The Bertz CT molecular complexity index is 558. The molecule has 1 heterocycles. The lowest BCUT2D eigenvalue weighted by Gasteiger charge is -2.05. The molecule has 8 heteroatoms. The Morgan fingerprint density at radius 3 is 2.28 bits per heavy atom. The lowest BCUT2D eigenvalue weighted by molar-refractivity contribution is 0.298. The maximum absolute atomic E-state index is 13.4. The Balaban J connectivity index is 2.55. The highest BCUT2D eigenvalue weighted by Crippen LogP contribution is 2.22. The molecule has 0 aliphatic carbocycles. The van der Waals surface area contributed by atoms with Gasteiger partial charge in [0.25, 0.3) is 0 Å². The van der Waals surface area contributed by atoms with Crippen molar-refractivity contribution in [3.05, 3.63) is 41.2 Å². The summed E-state index contributed by atoms with van der Waals surface area (Å²) in [5, 5.41) is 15.5. The third-order valence-electron chi connectivity index (χ3n) is 2.23. The van der Waals surface area contributed by atoms with Gasteiger partial charge in [-0.2, -0.15) is 0 Å². The zero-order valence-electron chi connectivity index (χ0n) is 8.87. The van der Waals surface area contributed by atoms with Gasteiger partial charge in [-0.15, -0.1) is 5.10 Å². The van der Waals surface area contributed by atoms with E-state index in [1.807, 2.05) is 0 Å². The summed E-state index contributed by atoms with van der Waals surface area (Å²) >= 11 is 0. The van der Waals surface area contributed by atoms with E-state index in [4.69, 9.17) is 5.11 Å². The van der Waals surface area contributed by atoms with E-state index >= 15 is 0 Å². The van der Waals surface area contributed by atoms with Gasteiger partial charge >= 0.3 is 0 Å². The lowest BCUT2D eigenvalue weighted by Crippen LogP contribution is -2.07. The van der Waals surface area contributed by atoms with Gasteiger partial charge in [-0.05, 0) is 0 Å². The molecule has 0 spiro atoms.